The minimum atomic E-state index is -0.281. The van der Waals surface area contributed by atoms with E-state index in [1.54, 1.807) is 12.1 Å². The summed E-state index contributed by atoms with van der Waals surface area (Å²) >= 11 is 1.31. The number of carbonyl (C=O) groups excluding carboxylic acids is 1. The second-order valence-corrected chi connectivity index (χ2v) is 4.96. The Labute approximate surface area is 109 Å². The van der Waals surface area contributed by atoms with E-state index >= 15 is 0 Å². The van der Waals surface area contributed by atoms with Crippen molar-refractivity contribution in [2.75, 3.05) is 6.54 Å². The highest BCUT2D eigenvalue weighted by atomic mass is 32.1. The summed E-state index contributed by atoms with van der Waals surface area (Å²) in [5.74, 6) is -0.420. The van der Waals surface area contributed by atoms with Gasteiger partial charge in [0.25, 0.3) is 5.91 Å². The van der Waals surface area contributed by atoms with E-state index in [1.165, 1.54) is 17.4 Å². The van der Waals surface area contributed by atoms with E-state index in [9.17, 15) is 9.18 Å². The fourth-order valence-electron chi connectivity index (χ4n) is 1.66. The van der Waals surface area contributed by atoms with Crippen molar-refractivity contribution in [2.24, 2.45) is 0 Å². The number of amides is 1. The number of carbonyl (C=O) groups is 1. The van der Waals surface area contributed by atoms with Crippen LogP contribution in [-0.4, -0.2) is 12.5 Å². The van der Waals surface area contributed by atoms with Crippen molar-refractivity contribution < 1.29 is 9.18 Å². The zero-order valence-corrected chi connectivity index (χ0v) is 10.9. The first kappa shape index (κ1) is 12.8. The Morgan fingerprint density at radius 2 is 2.33 bits per heavy atom. The van der Waals surface area contributed by atoms with Gasteiger partial charge in [-0.05, 0) is 31.5 Å². The van der Waals surface area contributed by atoms with Crippen molar-refractivity contribution in [3.63, 3.8) is 0 Å². The zero-order chi connectivity index (χ0) is 13.0. The van der Waals surface area contributed by atoms with Gasteiger partial charge in [-0.15, -0.1) is 11.3 Å². The Bertz CT molecular complexity index is 588. The van der Waals surface area contributed by atoms with Crippen molar-refractivity contribution in [1.82, 2.24) is 5.32 Å². The highest BCUT2D eigenvalue weighted by Gasteiger charge is 2.11. The number of allylic oxidation sites excluding steroid dienone is 1. The van der Waals surface area contributed by atoms with Gasteiger partial charge in [-0.1, -0.05) is 18.2 Å². The van der Waals surface area contributed by atoms with Crippen molar-refractivity contribution >= 4 is 27.3 Å². The molecule has 0 aliphatic carbocycles. The van der Waals surface area contributed by atoms with Gasteiger partial charge >= 0.3 is 0 Å². The molecule has 18 heavy (non-hydrogen) atoms. The summed E-state index contributed by atoms with van der Waals surface area (Å²) in [5, 5.41) is 3.33. The molecule has 1 amide bonds. The second-order valence-electron chi connectivity index (χ2n) is 3.88. The molecule has 0 spiro atoms. The van der Waals surface area contributed by atoms with Crippen LogP contribution in [0.4, 0.5) is 4.39 Å². The van der Waals surface area contributed by atoms with Gasteiger partial charge in [-0.3, -0.25) is 4.79 Å². The number of hydrogen-bond donors (Lipinski definition) is 1. The maximum atomic E-state index is 13.5. The number of fused-ring (bicyclic) bond motifs is 1. The van der Waals surface area contributed by atoms with E-state index in [-0.39, 0.29) is 11.7 Å². The summed E-state index contributed by atoms with van der Waals surface area (Å²) < 4.78 is 14.3. The molecule has 0 saturated heterocycles. The molecule has 0 unspecified atom stereocenters. The van der Waals surface area contributed by atoms with E-state index in [2.05, 4.69) is 5.32 Å². The minimum absolute atomic E-state index is 0.139. The SMILES string of the molecule is C/C=C/CCNC(=O)c1cc2c(F)cccc2s1. The Kier molecular flexibility index (Phi) is 4.10. The van der Waals surface area contributed by atoms with E-state index in [1.807, 2.05) is 25.1 Å². The number of nitrogens with one attached hydrogen (secondary N) is 1. The van der Waals surface area contributed by atoms with Crippen molar-refractivity contribution in [3.8, 4) is 0 Å². The van der Waals surface area contributed by atoms with Gasteiger partial charge in [-0.2, -0.15) is 0 Å². The predicted octanol–water partition coefficient (Wildman–Crippen LogP) is 3.74. The number of benzene rings is 1. The summed E-state index contributed by atoms with van der Waals surface area (Å²) in [5.41, 5.74) is 0. The normalized spacial score (nSPS) is 11.2. The Hall–Kier alpha value is -1.68. The smallest absolute Gasteiger partial charge is 0.261 e. The van der Waals surface area contributed by atoms with E-state index in [4.69, 9.17) is 0 Å². The summed E-state index contributed by atoms with van der Waals surface area (Å²) in [6, 6.07) is 6.49. The maximum absolute atomic E-state index is 13.5. The fraction of sp³-hybridized carbons (Fsp3) is 0.214. The molecule has 2 aromatic rings. The van der Waals surface area contributed by atoms with Crippen LogP contribution in [0.5, 0.6) is 0 Å². The molecule has 0 bridgehead atoms. The number of rotatable bonds is 4. The molecule has 0 radical (unpaired) electrons. The Balaban J connectivity index is 2.11. The van der Waals surface area contributed by atoms with Crippen LogP contribution in [0.3, 0.4) is 0 Å². The number of thiophene rings is 1. The summed E-state index contributed by atoms with van der Waals surface area (Å²) in [6.45, 7) is 2.54. The Morgan fingerprint density at radius 3 is 3.06 bits per heavy atom. The molecule has 94 valence electrons. The lowest BCUT2D eigenvalue weighted by Gasteiger charge is -1.99. The molecule has 2 nitrogen and oxygen atoms in total. The van der Waals surface area contributed by atoms with Gasteiger partial charge in [0.15, 0.2) is 0 Å². The third-order valence-electron chi connectivity index (χ3n) is 2.56. The van der Waals surface area contributed by atoms with Crippen LogP contribution >= 0.6 is 11.3 Å². The first-order valence-corrected chi connectivity index (χ1v) is 6.61. The molecular formula is C14H14FNOS. The van der Waals surface area contributed by atoms with Crippen LogP contribution in [0.1, 0.15) is 23.0 Å². The third-order valence-corrected chi connectivity index (χ3v) is 3.66. The topological polar surface area (TPSA) is 29.1 Å². The van der Waals surface area contributed by atoms with Crippen LogP contribution in [-0.2, 0) is 0 Å². The average Bonchev–Trinajstić information content (AvgIpc) is 2.80. The first-order valence-electron chi connectivity index (χ1n) is 5.80. The van der Waals surface area contributed by atoms with Gasteiger partial charge in [0.2, 0.25) is 0 Å². The third kappa shape index (κ3) is 2.76. The van der Waals surface area contributed by atoms with Crippen molar-refractivity contribution in [1.29, 1.82) is 0 Å². The van der Waals surface area contributed by atoms with Crippen LogP contribution in [0.2, 0.25) is 0 Å². The van der Waals surface area contributed by atoms with Gasteiger partial charge in [0.05, 0.1) is 4.88 Å². The molecule has 0 fully saturated rings. The Morgan fingerprint density at radius 1 is 1.50 bits per heavy atom. The summed E-state index contributed by atoms with van der Waals surface area (Å²) in [6.07, 6.45) is 4.74. The number of halogens is 1. The highest BCUT2D eigenvalue weighted by Crippen LogP contribution is 2.27. The second kappa shape index (κ2) is 5.78. The van der Waals surface area contributed by atoms with Gasteiger partial charge < -0.3 is 5.32 Å². The predicted molar refractivity (Wildman–Crippen MR) is 73.5 cm³/mol. The van der Waals surface area contributed by atoms with Crippen LogP contribution < -0.4 is 5.32 Å². The molecule has 4 heteroatoms. The highest BCUT2D eigenvalue weighted by molar-refractivity contribution is 7.20. The molecule has 0 aliphatic heterocycles. The first-order chi connectivity index (χ1) is 8.72. The molecule has 1 heterocycles. The fourth-order valence-corrected chi connectivity index (χ4v) is 2.65. The van der Waals surface area contributed by atoms with Crippen LogP contribution in [0.15, 0.2) is 36.4 Å². The molecule has 2 rings (SSSR count). The molecule has 0 saturated carbocycles. The van der Waals surface area contributed by atoms with E-state index < -0.39 is 0 Å². The zero-order valence-electron chi connectivity index (χ0n) is 10.1. The van der Waals surface area contributed by atoms with Crippen molar-refractivity contribution in [2.45, 2.75) is 13.3 Å². The maximum Gasteiger partial charge on any atom is 0.261 e. The molecule has 0 aliphatic rings. The van der Waals surface area contributed by atoms with Gasteiger partial charge in [0, 0.05) is 16.6 Å². The summed E-state index contributed by atoms with van der Waals surface area (Å²) in [7, 11) is 0. The number of hydrogen-bond acceptors (Lipinski definition) is 2. The monoisotopic (exact) mass is 263 g/mol. The van der Waals surface area contributed by atoms with E-state index in [0.717, 1.165) is 11.1 Å². The van der Waals surface area contributed by atoms with Gasteiger partial charge in [-0.25, -0.2) is 4.39 Å². The molecule has 1 N–H and O–H groups in total. The molecule has 0 atom stereocenters. The standard InChI is InChI=1S/C14H14FNOS/c1-2-3-4-8-16-14(17)13-9-10-11(15)6-5-7-12(10)18-13/h2-3,5-7,9H,4,8H2,1H3,(H,16,17)/b3-2+. The molecule has 1 aromatic carbocycles. The average molecular weight is 263 g/mol. The van der Waals surface area contributed by atoms with Crippen molar-refractivity contribution in [3.05, 3.63) is 47.1 Å². The lowest BCUT2D eigenvalue weighted by molar-refractivity contribution is 0.0958. The molecule has 1 aromatic heterocycles. The summed E-state index contributed by atoms with van der Waals surface area (Å²) in [4.78, 5) is 12.4. The lowest BCUT2D eigenvalue weighted by atomic mass is 10.2. The largest absolute Gasteiger partial charge is 0.351 e. The minimum Gasteiger partial charge on any atom is -0.351 e. The van der Waals surface area contributed by atoms with Crippen LogP contribution in [0, 0.1) is 5.82 Å². The lowest BCUT2D eigenvalue weighted by Crippen LogP contribution is -2.23. The van der Waals surface area contributed by atoms with Crippen LogP contribution in [0.25, 0.3) is 10.1 Å². The van der Waals surface area contributed by atoms with E-state index in [0.29, 0.717) is 16.8 Å². The van der Waals surface area contributed by atoms with Gasteiger partial charge in [0.1, 0.15) is 5.82 Å². The molecular weight excluding hydrogens is 249 g/mol. The quantitative estimate of drug-likeness (QED) is 0.661.